The average molecular weight is 436 g/mol. The maximum absolute atomic E-state index is 12.6. The van der Waals surface area contributed by atoms with Crippen LogP contribution in [0, 0.1) is 0 Å². The van der Waals surface area contributed by atoms with Crippen LogP contribution in [0.5, 0.6) is 5.75 Å². The van der Waals surface area contributed by atoms with E-state index in [2.05, 4.69) is 5.32 Å². The number of anilines is 1. The SMILES string of the molecule is COc1ccc(NC(=O)C2CSCN2C(=O)/C=C/c2ccc(C(F)(F)F)cc2)cc1. The van der Waals surface area contributed by atoms with Gasteiger partial charge in [-0.15, -0.1) is 11.8 Å². The second-order valence-corrected chi connectivity index (χ2v) is 7.49. The molecule has 1 aliphatic rings. The lowest BCUT2D eigenvalue weighted by atomic mass is 10.1. The monoisotopic (exact) mass is 436 g/mol. The smallest absolute Gasteiger partial charge is 0.416 e. The molecule has 3 rings (SSSR count). The van der Waals surface area contributed by atoms with E-state index >= 15 is 0 Å². The minimum absolute atomic E-state index is 0.304. The van der Waals surface area contributed by atoms with Gasteiger partial charge >= 0.3 is 6.18 Å². The Balaban J connectivity index is 1.63. The van der Waals surface area contributed by atoms with Crippen molar-refractivity contribution in [3.63, 3.8) is 0 Å². The van der Waals surface area contributed by atoms with Gasteiger partial charge in [0.25, 0.3) is 0 Å². The van der Waals surface area contributed by atoms with Crippen molar-refractivity contribution in [1.82, 2.24) is 4.90 Å². The Hall–Kier alpha value is -2.94. The van der Waals surface area contributed by atoms with E-state index in [-0.39, 0.29) is 11.8 Å². The lowest BCUT2D eigenvalue weighted by Gasteiger charge is -2.21. The van der Waals surface area contributed by atoms with Gasteiger partial charge in [-0.2, -0.15) is 13.2 Å². The van der Waals surface area contributed by atoms with Crippen molar-refractivity contribution in [2.75, 3.05) is 24.1 Å². The Morgan fingerprint density at radius 3 is 2.40 bits per heavy atom. The molecule has 5 nitrogen and oxygen atoms in total. The molecule has 1 fully saturated rings. The van der Waals surface area contributed by atoms with Crippen molar-refractivity contribution in [3.05, 3.63) is 65.7 Å². The van der Waals surface area contributed by atoms with Crippen molar-refractivity contribution in [3.8, 4) is 5.75 Å². The van der Waals surface area contributed by atoms with Crippen LogP contribution in [0.25, 0.3) is 6.08 Å². The quantitative estimate of drug-likeness (QED) is 0.712. The number of alkyl halides is 3. The fourth-order valence-corrected chi connectivity index (χ4v) is 3.99. The van der Waals surface area contributed by atoms with Gasteiger partial charge in [0.15, 0.2) is 0 Å². The first kappa shape index (κ1) is 21.8. The van der Waals surface area contributed by atoms with Gasteiger partial charge in [-0.25, -0.2) is 0 Å². The van der Waals surface area contributed by atoms with Gasteiger partial charge in [0.1, 0.15) is 11.8 Å². The molecule has 30 heavy (non-hydrogen) atoms. The molecule has 0 bridgehead atoms. The molecular weight excluding hydrogens is 417 g/mol. The number of nitrogens with one attached hydrogen (secondary N) is 1. The van der Waals surface area contributed by atoms with E-state index in [1.54, 1.807) is 31.4 Å². The average Bonchev–Trinajstić information content (AvgIpc) is 3.22. The molecule has 0 aromatic heterocycles. The normalized spacial score (nSPS) is 16.7. The van der Waals surface area contributed by atoms with E-state index < -0.39 is 17.8 Å². The molecular formula is C21H19F3N2O3S. The molecule has 2 aromatic carbocycles. The van der Waals surface area contributed by atoms with E-state index in [9.17, 15) is 22.8 Å². The number of hydrogen-bond donors (Lipinski definition) is 1. The number of carbonyl (C=O) groups excluding carboxylic acids is 2. The molecule has 0 radical (unpaired) electrons. The summed E-state index contributed by atoms with van der Waals surface area (Å²) in [4.78, 5) is 26.6. The van der Waals surface area contributed by atoms with E-state index in [4.69, 9.17) is 4.74 Å². The molecule has 158 valence electrons. The highest BCUT2D eigenvalue weighted by molar-refractivity contribution is 7.99. The highest BCUT2D eigenvalue weighted by Crippen LogP contribution is 2.29. The van der Waals surface area contributed by atoms with Crippen LogP contribution >= 0.6 is 11.8 Å². The topological polar surface area (TPSA) is 58.6 Å². The van der Waals surface area contributed by atoms with E-state index in [1.807, 2.05) is 0 Å². The maximum atomic E-state index is 12.6. The molecule has 0 spiro atoms. The zero-order valence-electron chi connectivity index (χ0n) is 16.0. The summed E-state index contributed by atoms with van der Waals surface area (Å²) in [6.45, 7) is 0. The number of methoxy groups -OCH3 is 1. The first-order valence-corrected chi connectivity index (χ1v) is 10.1. The van der Waals surface area contributed by atoms with E-state index in [0.717, 1.165) is 12.1 Å². The minimum atomic E-state index is -4.41. The van der Waals surface area contributed by atoms with Gasteiger partial charge in [-0.3, -0.25) is 9.59 Å². The third-order valence-corrected chi connectivity index (χ3v) is 5.49. The minimum Gasteiger partial charge on any atom is -0.497 e. The van der Waals surface area contributed by atoms with Crippen molar-refractivity contribution >= 4 is 35.3 Å². The van der Waals surface area contributed by atoms with Crippen LogP contribution in [0.1, 0.15) is 11.1 Å². The largest absolute Gasteiger partial charge is 0.497 e. The van der Waals surface area contributed by atoms with Gasteiger partial charge in [0, 0.05) is 17.5 Å². The first-order valence-electron chi connectivity index (χ1n) is 8.96. The summed E-state index contributed by atoms with van der Waals surface area (Å²) in [5, 5.41) is 2.78. The molecule has 9 heteroatoms. The second-order valence-electron chi connectivity index (χ2n) is 6.49. The second kappa shape index (κ2) is 9.25. The molecule has 0 saturated carbocycles. The van der Waals surface area contributed by atoms with Crippen LogP contribution in [0.2, 0.25) is 0 Å². The summed E-state index contributed by atoms with van der Waals surface area (Å²) in [5.74, 6) is 0.796. The van der Waals surface area contributed by atoms with Gasteiger partial charge < -0.3 is 15.0 Å². The number of carbonyl (C=O) groups is 2. The Morgan fingerprint density at radius 1 is 1.13 bits per heavy atom. The third kappa shape index (κ3) is 5.35. The van der Waals surface area contributed by atoms with Crippen molar-refractivity contribution in [2.45, 2.75) is 12.2 Å². The zero-order valence-corrected chi connectivity index (χ0v) is 16.8. The zero-order chi connectivity index (χ0) is 21.7. The summed E-state index contributed by atoms with van der Waals surface area (Å²) in [6, 6.07) is 10.7. The number of hydrogen-bond acceptors (Lipinski definition) is 4. The van der Waals surface area contributed by atoms with Crippen molar-refractivity contribution < 1.29 is 27.5 Å². The lowest BCUT2D eigenvalue weighted by Crippen LogP contribution is -2.43. The highest BCUT2D eigenvalue weighted by atomic mass is 32.2. The summed E-state index contributed by atoms with van der Waals surface area (Å²) in [7, 11) is 1.55. The van der Waals surface area contributed by atoms with Crippen LogP contribution < -0.4 is 10.1 Å². The fraction of sp³-hybridized carbons (Fsp3) is 0.238. The summed E-state index contributed by atoms with van der Waals surface area (Å²) >= 11 is 1.46. The number of thioether (sulfide) groups is 1. The summed E-state index contributed by atoms with van der Waals surface area (Å²) < 4.78 is 43.0. The van der Waals surface area contributed by atoms with Crippen LogP contribution in [0.15, 0.2) is 54.6 Å². The summed E-state index contributed by atoms with van der Waals surface area (Å²) in [5.41, 5.74) is 0.296. The number of ether oxygens (including phenoxy) is 1. The fourth-order valence-electron chi connectivity index (χ4n) is 2.82. The van der Waals surface area contributed by atoms with Gasteiger partial charge in [-0.1, -0.05) is 12.1 Å². The molecule has 1 unspecified atom stereocenters. The van der Waals surface area contributed by atoms with Crippen LogP contribution in [-0.4, -0.2) is 41.5 Å². The molecule has 1 aliphatic heterocycles. The number of rotatable bonds is 5. The summed E-state index contributed by atoms with van der Waals surface area (Å²) in [6.07, 6.45) is -1.71. The predicted octanol–water partition coefficient (Wildman–Crippen LogP) is 4.27. The van der Waals surface area contributed by atoms with Crippen LogP contribution in [0.3, 0.4) is 0 Å². The number of benzene rings is 2. The molecule has 0 aliphatic carbocycles. The van der Waals surface area contributed by atoms with Crippen LogP contribution in [0.4, 0.5) is 18.9 Å². The Kier molecular flexibility index (Phi) is 6.71. The van der Waals surface area contributed by atoms with Gasteiger partial charge in [0.05, 0.1) is 18.6 Å². The molecule has 1 heterocycles. The number of amides is 2. The molecule has 1 N–H and O–H groups in total. The van der Waals surface area contributed by atoms with Crippen molar-refractivity contribution in [1.29, 1.82) is 0 Å². The first-order chi connectivity index (χ1) is 14.3. The predicted molar refractivity (Wildman–Crippen MR) is 110 cm³/mol. The van der Waals surface area contributed by atoms with E-state index in [0.29, 0.717) is 28.6 Å². The number of halogens is 3. The van der Waals surface area contributed by atoms with E-state index in [1.165, 1.54) is 40.9 Å². The van der Waals surface area contributed by atoms with Gasteiger partial charge in [-0.05, 0) is 48.0 Å². The molecule has 1 saturated heterocycles. The highest BCUT2D eigenvalue weighted by Gasteiger charge is 2.34. The Bertz CT molecular complexity index is 928. The lowest BCUT2D eigenvalue weighted by molar-refractivity contribution is -0.137. The van der Waals surface area contributed by atoms with Gasteiger partial charge in [0.2, 0.25) is 11.8 Å². The standard InChI is InChI=1S/C21H19F3N2O3S/c1-29-17-9-7-16(8-10-17)25-20(28)18-12-30-13-26(18)19(27)11-4-14-2-5-15(6-3-14)21(22,23)24/h2-11,18H,12-13H2,1H3,(H,25,28)/b11-4+. The maximum Gasteiger partial charge on any atom is 0.416 e. The van der Waals surface area contributed by atoms with Crippen LogP contribution in [-0.2, 0) is 15.8 Å². The Morgan fingerprint density at radius 2 is 1.80 bits per heavy atom. The molecule has 2 amide bonds. The third-order valence-electron chi connectivity index (χ3n) is 4.48. The number of nitrogens with zero attached hydrogens (tertiary/aromatic N) is 1. The molecule has 2 aromatic rings. The Labute approximate surface area is 175 Å². The molecule has 1 atom stereocenters. The van der Waals surface area contributed by atoms with Crippen molar-refractivity contribution in [2.24, 2.45) is 0 Å².